The number of benzene rings is 1. The van der Waals surface area contributed by atoms with E-state index in [2.05, 4.69) is 15.1 Å². The molecule has 5 nitrogen and oxygen atoms in total. The van der Waals surface area contributed by atoms with E-state index in [9.17, 15) is 4.79 Å². The first-order valence-corrected chi connectivity index (χ1v) is 7.98. The quantitative estimate of drug-likeness (QED) is 0.562. The Bertz CT molecular complexity index is 1100. The van der Waals surface area contributed by atoms with E-state index in [1.165, 1.54) is 15.9 Å². The van der Waals surface area contributed by atoms with Crippen LogP contribution < -0.4 is 10.1 Å². The molecule has 3 aromatic heterocycles. The molecule has 4 rings (SSSR count). The monoisotopic (exact) mass is 340 g/mol. The zero-order valence-electron chi connectivity index (χ0n) is 11.7. The lowest BCUT2D eigenvalue weighted by molar-refractivity contribution is 0.936. The van der Waals surface area contributed by atoms with Gasteiger partial charge in [0.25, 0.3) is 5.56 Å². The molecule has 0 spiro atoms. The van der Waals surface area contributed by atoms with E-state index in [-0.39, 0.29) is 5.56 Å². The highest BCUT2D eigenvalue weighted by Gasteiger charge is 2.11. The van der Waals surface area contributed by atoms with Crippen LogP contribution in [-0.4, -0.2) is 19.6 Å². The van der Waals surface area contributed by atoms with Gasteiger partial charge in [0.1, 0.15) is 0 Å². The summed E-state index contributed by atoms with van der Waals surface area (Å²) in [6.45, 7) is 0. The Morgan fingerprint density at radius 2 is 1.91 bits per heavy atom. The van der Waals surface area contributed by atoms with E-state index in [0.717, 1.165) is 11.1 Å². The topological polar surface area (TPSA) is 60.2 Å². The van der Waals surface area contributed by atoms with Crippen LogP contribution in [0.1, 0.15) is 5.56 Å². The molecule has 0 bridgehead atoms. The molecule has 3 heterocycles. The van der Waals surface area contributed by atoms with Crippen molar-refractivity contribution in [3.63, 3.8) is 0 Å². The van der Waals surface area contributed by atoms with E-state index < -0.39 is 0 Å². The van der Waals surface area contributed by atoms with Crippen molar-refractivity contribution >= 4 is 34.0 Å². The van der Waals surface area contributed by atoms with Gasteiger partial charge in [-0.1, -0.05) is 41.1 Å². The van der Waals surface area contributed by atoms with Gasteiger partial charge in [0, 0.05) is 23.0 Å². The summed E-state index contributed by atoms with van der Waals surface area (Å²) in [6, 6.07) is 11.0. The number of nitrogens with zero attached hydrogens (tertiary/aromatic N) is 4. The normalized spacial score (nSPS) is 12.1. The molecule has 0 aliphatic carbocycles. The molecule has 0 N–H and O–H groups in total. The fraction of sp³-hybridized carbons (Fsp3) is 0. The molecule has 112 valence electrons. The largest absolute Gasteiger partial charge is 0.291 e. The Labute approximate surface area is 139 Å². The van der Waals surface area contributed by atoms with Gasteiger partial charge in [-0.05, 0) is 29.8 Å². The number of hydrogen-bond acceptors (Lipinski definition) is 5. The molecular weight excluding hydrogens is 332 g/mol. The summed E-state index contributed by atoms with van der Waals surface area (Å²) in [4.78, 5) is 21.4. The lowest BCUT2D eigenvalue weighted by atomic mass is 10.2. The van der Waals surface area contributed by atoms with Gasteiger partial charge in [0.2, 0.25) is 4.96 Å². The van der Waals surface area contributed by atoms with E-state index in [0.29, 0.717) is 20.3 Å². The summed E-state index contributed by atoms with van der Waals surface area (Å²) in [5.74, 6) is 0.514. The maximum absolute atomic E-state index is 12.5. The Hall–Kier alpha value is -2.57. The summed E-state index contributed by atoms with van der Waals surface area (Å²) in [6.07, 6.45) is 5.09. The van der Waals surface area contributed by atoms with Crippen LogP contribution in [0.25, 0.3) is 22.4 Å². The molecule has 0 radical (unpaired) electrons. The maximum atomic E-state index is 12.5. The molecule has 0 atom stereocenters. The predicted octanol–water partition coefficient (Wildman–Crippen LogP) is 2.41. The predicted molar refractivity (Wildman–Crippen MR) is 90.6 cm³/mol. The average Bonchev–Trinajstić information content (AvgIpc) is 3.11. The lowest BCUT2D eigenvalue weighted by Crippen LogP contribution is -2.23. The third kappa shape index (κ3) is 2.52. The van der Waals surface area contributed by atoms with E-state index in [4.69, 9.17) is 11.6 Å². The van der Waals surface area contributed by atoms with E-state index in [1.54, 1.807) is 36.7 Å². The molecule has 0 amide bonds. The number of thiazole rings is 1. The van der Waals surface area contributed by atoms with Crippen LogP contribution in [0.15, 0.2) is 53.6 Å². The molecule has 0 aliphatic heterocycles. The fourth-order valence-electron chi connectivity index (χ4n) is 2.19. The third-order valence-electron chi connectivity index (χ3n) is 3.31. The average molecular weight is 341 g/mol. The Morgan fingerprint density at radius 3 is 2.65 bits per heavy atom. The zero-order chi connectivity index (χ0) is 15.8. The maximum Gasteiger partial charge on any atom is 0.291 e. The Morgan fingerprint density at radius 1 is 1.13 bits per heavy atom. The number of fused-ring (bicyclic) bond motifs is 1. The van der Waals surface area contributed by atoms with Gasteiger partial charge >= 0.3 is 0 Å². The van der Waals surface area contributed by atoms with Crippen molar-refractivity contribution in [2.24, 2.45) is 0 Å². The summed E-state index contributed by atoms with van der Waals surface area (Å²) < 4.78 is 1.87. The highest BCUT2D eigenvalue weighted by Crippen LogP contribution is 2.17. The van der Waals surface area contributed by atoms with E-state index in [1.807, 2.05) is 18.2 Å². The van der Waals surface area contributed by atoms with Crippen LogP contribution >= 0.6 is 22.9 Å². The van der Waals surface area contributed by atoms with Crippen LogP contribution in [0.5, 0.6) is 0 Å². The van der Waals surface area contributed by atoms with Crippen LogP contribution in [-0.2, 0) is 0 Å². The minimum atomic E-state index is -0.197. The summed E-state index contributed by atoms with van der Waals surface area (Å²) in [7, 11) is 0. The Balaban J connectivity index is 1.86. The van der Waals surface area contributed by atoms with Crippen molar-refractivity contribution in [2.75, 3.05) is 0 Å². The minimum absolute atomic E-state index is 0.197. The number of rotatable bonds is 2. The van der Waals surface area contributed by atoms with Gasteiger partial charge in [-0.2, -0.15) is 9.50 Å². The summed E-state index contributed by atoms with van der Waals surface area (Å²) in [5.41, 5.74) is 1.43. The van der Waals surface area contributed by atoms with Crippen molar-refractivity contribution in [2.45, 2.75) is 0 Å². The summed E-state index contributed by atoms with van der Waals surface area (Å²) >= 11 is 7.42. The molecular formula is C16H9ClN4OS. The van der Waals surface area contributed by atoms with Gasteiger partial charge in [-0.25, -0.2) is 0 Å². The molecule has 0 saturated heterocycles. The second kappa shape index (κ2) is 5.57. The molecule has 7 heteroatoms. The summed E-state index contributed by atoms with van der Waals surface area (Å²) in [5, 5.41) is 4.89. The minimum Gasteiger partial charge on any atom is -0.266 e. The first kappa shape index (κ1) is 14.0. The van der Waals surface area contributed by atoms with Crippen molar-refractivity contribution in [3.8, 4) is 11.4 Å². The molecule has 0 saturated carbocycles. The standard InChI is InChI=1S/C16H9ClN4OS/c17-12-4-2-1-3-11(12)9-13-15(22)21-16(23-13)19-14(20-21)10-5-7-18-8-6-10/h1-9H/b13-9-. The van der Waals surface area contributed by atoms with Crippen molar-refractivity contribution in [3.05, 3.63) is 74.3 Å². The highest BCUT2D eigenvalue weighted by atomic mass is 35.5. The smallest absolute Gasteiger partial charge is 0.266 e. The number of pyridine rings is 1. The molecule has 0 aliphatic rings. The Kier molecular flexibility index (Phi) is 3.40. The number of halogens is 1. The van der Waals surface area contributed by atoms with Crippen LogP contribution in [0.4, 0.5) is 0 Å². The van der Waals surface area contributed by atoms with Crippen LogP contribution in [0.3, 0.4) is 0 Å². The van der Waals surface area contributed by atoms with Gasteiger partial charge in [-0.3, -0.25) is 9.78 Å². The fourth-order valence-corrected chi connectivity index (χ4v) is 3.28. The molecule has 0 unspecified atom stereocenters. The zero-order valence-corrected chi connectivity index (χ0v) is 13.3. The van der Waals surface area contributed by atoms with E-state index >= 15 is 0 Å². The van der Waals surface area contributed by atoms with Gasteiger partial charge in [-0.15, -0.1) is 5.10 Å². The molecule has 0 fully saturated rings. The second-order valence-corrected chi connectivity index (χ2v) is 6.22. The molecule has 1 aromatic carbocycles. The van der Waals surface area contributed by atoms with Crippen molar-refractivity contribution in [1.82, 2.24) is 19.6 Å². The lowest BCUT2D eigenvalue weighted by Gasteiger charge is -1.94. The van der Waals surface area contributed by atoms with Gasteiger partial charge in [0.05, 0.1) is 4.53 Å². The third-order valence-corrected chi connectivity index (χ3v) is 4.62. The van der Waals surface area contributed by atoms with Gasteiger partial charge in [0.15, 0.2) is 5.82 Å². The first-order valence-electron chi connectivity index (χ1n) is 6.78. The van der Waals surface area contributed by atoms with Gasteiger partial charge < -0.3 is 0 Å². The number of hydrogen-bond donors (Lipinski definition) is 0. The molecule has 23 heavy (non-hydrogen) atoms. The van der Waals surface area contributed by atoms with Crippen molar-refractivity contribution in [1.29, 1.82) is 0 Å². The second-order valence-electron chi connectivity index (χ2n) is 4.80. The number of aromatic nitrogens is 4. The van der Waals surface area contributed by atoms with Crippen LogP contribution in [0, 0.1) is 0 Å². The first-order chi connectivity index (χ1) is 11.2. The molecule has 4 aromatic rings. The SMILES string of the molecule is O=c1/c(=C/c2ccccc2Cl)sc2nc(-c3ccncc3)nn12. The van der Waals surface area contributed by atoms with Crippen molar-refractivity contribution < 1.29 is 0 Å². The van der Waals surface area contributed by atoms with Crippen LogP contribution in [0.2, 0.25) is 5.02 Å². The highest BCUT2D eigenvalue weighted by molar-refractivity contribution is 7.15.